The number of carbonyl (C=O) groups excluding carboxylic acids is 3. The van der Waals surface area contributed by atoms with E-state index in [1.54, 1.807) is 0 Å². The molecular weight excluding hydrogens is 228 g/mol. The van der Waals surface area contributed by atoms with E-state index in [2.05, 4.69) is 34.7 Å². The molecule has 7 heteroatoms. The number of thiol groups is 2. The minimum Gasteiger partial charge on any atom is -0.360 e. The average Bonchev–Trinajstić information content (AvgIpc) is 2.03. The molecule has 80 valence electrons. The summed E-state index contributed by atoms with van der Waals surface area (Å²) in [6.07, 6.45) is -1.33. The molecule has 0 heterocycles. The second-order valence-corrected chi connectivity index (χ2v) is 3.04. The predicted octanol–water partition coefficient (Wildman–Crippen LogP) is 0.833. The average molecular weight is 238 g/mol. The van der Waals surface area contributed by atoms with Gasteiger partial charge >= 0.3 is 18.1 Å². The van der Waals surface area contributed by atoms with Gasteiger partial charge in [-0.25, -0.2) is 4.79 Å². The van der Waals surface area contributed by atoms with Crippen LogP contribution < -0.4 is 0 Å². The zero-order chi connectivity index (χ0) is 11.0. The maximum atomic E-state index is 10.7. The molecule has 0 atom stereocenters. The van der Waals surface area contributed by atoms with Crippen LogP contribution in [0.1, 0.15) is 12.8 Å². The van der Waals surface area contributed by atoms with Gasteiger partial charge in [-0.05, 0) is 0 Å². The third-order valence-electron chi connectivity index (χ3n) is 1.03. The molecule has 14 heavy (non-hydrogen) atoms. The van der Waals surface area contributed by atoms with Crippen LogP contribution >= 0.6 is 25.3 Å². The van der Waals surface area contributed by atoms with Crippen LogP contribution in [-0.2, 0) is 19.1 Å². The van der Waals surface area contributed by atoms with Gasteiger partial charge in [0.05, 0.1) is 12.8 Å². The van der Waals surface area contributed by atoms with Crippen LogP contribution in [0.5, 0.6) is 0 Å². The largest absolute Gasteiger partial charge is 0.524 e. The Bertz CT molecular complexity index is 206. The molecule has 0 bridgehead atoms. The Balaban J connectivity index is 3.75. The molecular formula is C7H10O5S2. The zero-order valence-electron chi connectivity index (χ0n) is 7.26. The maximum absolute atomic E-state index is 10.7. The maximum Gasteiger partial charge on any atom is 0.524 e. The fourth-order valence-electron chi connectivity index (χ4n) is 0.491. The van der Waals surface area contributed by atoms with E-state index in [9.17, 15) is 14.4 Å². The molecule has 0 aromatic rings. The van der Waals surface area contributed by atoms with Crippen LogP contribution in [0.4, 0.5) is 4.79 Å². The first kappa shape index (κ1) is 13.3. The van der Waals surface area contributed by atoms with Crippen LogP contribution in [0.15, 0.2) is 0 Å². The molecule has 0 saturated heterocycles. The van der Waals surface area contributed by atoms with Crippen LogP contribution in [0.25, 0.3) is 0 Å². The Morgan fingerprint density at radius 1 is 0.857 bits per heavy atom. The lowest BCUT2D eigenvalue weighted by Gasteiger charge is -2.01. The number of hydrogen-bond acceptors (Lipinski definition) is 7. The molecule has 0 aliphatic heterocycles. The van der Waals surface area contributed by atoms with Crippen molar-refractivity contribution in [3.63, 3.8) is 0 Å². The molecule has 0 aliphatic carbocycles. The molecule has 0 N–H and O–H groups in total. The zero-order valence-corrected chi connectivity index (χ0v) is 9.05. The molecule has 0 saturated carbocycles. The topological polar surface area (TPSA) is 69.7 Å². The Hall–Kier alpha value is -0.690. The first-order valence-electron chi connectivity index (χ1n) is 3.77. The van der Waals surface area contributed by atoms with E-state index in [4.69, 9.17) is 0 Å². The van der Waals surface area contributed by atoms with Crippen molar-refractivity contribution in [3.05, 3.63) is 0 Å². The minimum atomic E-state index is -1.30. The highest BCUT2D eigenvalue weighted by Gasteiger charge is 2.14. The van der Waals surface area contributed by atoms with Crippen LogP contribution in [0.2, 0.25) is 0 Å². The summed E-state index contributed by atoms with van der Waals surface area (Å²) in [5.41, 5.74) is 0. The Kier molecular flexibility index (Phi) is 7.31. The summed E-state index contributed by atoms with van der Waals surface area (Å²) in [7, 11) is 0. The van der Waals surface area contributed by atoms with Gasteiger partial charge in [0, 0.05) is 11.5 Å². The van der Waals surface area contributed by atoms with Crippen molar-refractivity contribution in [1.29, 1.82) is 0 Å². The van der Waals surface area contributed by atoms with Gasteiger partial charge in [-0.1, -0.05) is 0 Å². The lowest BCUT2D eigenvalue weighted by atomic mass is 10.5. The quantitative estimate of drug-likeness (QED) is 0.431. The number of carbonyl (C=O) groups is 3. The minimum absolute atomic E-state index is 0.0149. The van der Waals surface area contributed by atoms with E-state index >= 15 is 0 Å². The lowest BCUT2D eigenvalue weighted by molar-refractivity contribution is -0.145. The molecule has 0 rings (SSSR count). The van der Waals surface area contributed by atoms with Crippen molar-refractivity contribution in [2.24, 2.45) is 0 Å². The van der Waals surface area contributed by atoms with Gasteiger partial charge in [0.25, 0.3) is 0 Å². The number of hydrogen-bond donors (Lipinski definition) is 2. The van der Waals surface area contributed by atoms with Crippen molar-refractivity contribution in [2.45, 2.75) is 12.8 Å². The van der Waals surface area contributed by atoms with E-state index in [1.165, 1.54) is 0 Å². The molecule has 0 radical (unpaired) electrons. The van der Waals surface area contributed by atoms with Gasteiger partial charge in [0.1, 0.15) is 0 Å². The monoisotopic (exact) mass is 238 g/mol. The van der Waals surface area contributed by atoms with Gasteiger partial charge in [-0.2, -0.15) is 25.3 Å². The highest BCUT2D eigenvalue weighted by Crippen LogP contribution is 1.95. The molecule has 0 fully saturated rings. The molecule has 0 aliphatic rings. The van der Waals surface area contributed by atoms with E-state index in [1.807, 2.05) is 0 Å². The smallest absolute Gasteiger partial charge is 0.360 e. The van der Waals surface area contributed by atoms with E-state index in [0.717, 1.165) is 0 Å². The fourth-order valence-corrected chi connectivity index (χ4v) is 0.857. The number of esters is 2. The normalized spacial score (nSPS) is 9.29. The molecule has 0 aromatic heterocycles. The number of ether oxygens (including phenoxy) is 2. The summed E-state index contributed by atoms with van der Waals surface area (Å²) in [4.78, 5) is 32.1. The molecule has 0 unspecified atom stereocenters. The van der Waals surface area contributed by atoms with Gasteiger partial charge in [-0.15, -0.1) is 0 Å². The van der Waals surface area contributed by atoms with E-state index < -0.39 is 18.1 Å². The standard InChI is InChI=1S/C7H10O5S2/c8-5(1-3-13)11-7(10)12-6(9)2-4-14/h13-14H,1-4H2. The Morgan fingerprint density at radius 3 is 1.50 bits per heavy atom. The highest BCUT2D eigenvalue weighted by atomic mass is 32.1. The third-order valence-corrected chi connectivity index (χ3v) is 1.47. The van der Waals surface area contributed by atoms with Gasteiger partial charge < -0.3 is 9.47 Å². The SMILES string of the molecule is O=C(CCS)OC(=O)OC(=O)CCS. The Morgan fingerprint density at radius 2 is 1.21 bits per heavy atom. The summed E-state index contributed by atoms with van der Waals surface area (Å²) in [6.45, 7) is 0. The van der Waals surface area contributed by atoms with E-state index in [0.29, 0.717) is 0 Å². The van der Waals surface area contributed by atoms with Gasteiger partial charge in [0.2, 0.25) is 0 Å². The van der Waals surface area contributed by atoms with Crippen LogP contribution in [0.3, 0.4) is 0 Å². The summed E-state index contributed by atoms with van der Waals surface area (Å²) in [6, 6.07) is 0. The first-order chi connectivity index (χ1) is 6.60. The second kappa shape index (κ2) is 7.69. The summed E-state index contributed by atoms with van der Waals surface area (Å²) in [5.74, 6) is -1.03. The predicted molar refractivity (Wildman–Crippen MR) is 54.5 cm³/mol. The summed E-state index contributed by atoms with van der Waals surface area (Å²) >= 11 is 7.51. The number of rotatable bonds is 4. The highest BCUT2D eigenvalue weighted by molar-refractivity contribution is 7.80. The van der Waals surface area contributed by atoms with Crippen molar-refractivity contribution in [3.8, 4) is 0 Å². The molecule has 0 aromatic carbocycles. The Labute approximate surface area is 92.0 Å². The van der Waals surface area contributed by atoms with Crippen LogP contribution in [-0.4, -0.2) is 29.6 Å². The molecule has 0 spiro atoms. The van der Waals surface area contributed by atoms with Crippen LogP contribution in [0, 0.1) is 0 Å². The first-order valence-corrected chi connectivity index (χ1v) is 5.03. The van der Waals surface area contributed by atoms with Crippen molar-refractivity contribution < 1.29 is 23.9 Å². The van der Waals surface area contributed by atoms with Crippen molar-refractivity contribution >= 4 is 43.4 Å². The van der Waals surface area contributed by atoms with E-state index in [-0.39, 0.29) is 24.3 Å². The second-order valence-electron chi connectivity index (χ2n) is 2.15. The van der Waals surface area contributed by atoms with Crippen molar-refractivity contribution in [2.75, 3.05) is 11.5 Å². The van der Waals surface area contributed by atoms with Gasteiger partial charge in [0.15, 0.2) is 0 Å². The lowest BCUT2D eigenvalue weighted by Crippen LogP contribution is -2.18. The molecule has 0 amide bonds. The summed E-state index contributed by atoms with van der Waals surface area (Å²) in [5, 5.41) is 0. The van der Waals surface area contributed by atoms with Crippen molar-refractivity contribution in [1.82, 2.24) is 0 Å². The third kappa shape index (κ3) is 6.79. The summed E-state index contributed by atoms with van der Waals surface area (Å²) < 4.78 is 8.23. The fraction of sp³-hybridized carbons (Fsp3) is 0.571. The molecule has 5 nitrogen and oxygen atoms in total. The van der Waals surface area contributed by atoms with Gasteiger partial charge in [-0.3, -0.25) is 9.59 Å².